The van der Waals surface area contributed by atoms with Crippen LogP contribution in [0.2, 0.25) is 0 Å². The Hall–Kier alpha value is -2.68. The molecule has 0 unspecified atom stereocenters. The first-order chi connectivity index (χ1) is 19.3. The standard InChI is InChI=1S/C31H41F2N5OS/c32-31(33)13-17-38(18-14-31)28-20-23(5-7-26(28)34)35-29(39)25-6-4-24(36-40-19-8-22-2-1-3-22)21-27(25)37-15-11-30(9-10-30)12-16-37/h4-7,20-22,36H,1-3,8-19,34H2,(H,35,39). The molecule has 2 heterocycles. The topological polar surface area (TPSA) is 73.6 Å². The Morgan fingerprint density at radius 1 is 0.900 bits per heavy atom. The maximum atomic E-state index is 13.7. The van der Waals surface area contributed by atoms with Gasteiger partial charge < -0.3 is 25.6 Å². The molecule has 2 aliphatic carbocycles. The van der Waals surface area contributed by atoms with Gasteiger partial charge in [-0.3, -0.25) is 4.79 Å². The Bertz CT molecular complexity index is 1210. The Kier molecular flexibility index (Phi) is 7.77. The van der Waals surface area contributed by atoms with E-state index >= 15 is 0 Å². The summed E-state index contributed by atoms with van der Waals surface area (Å²) in [5, 5.41) is 3.06. The van der Waals surface area contributed by atoms with Crippen LogP contribution in [0.5, 0.6) is 0 Å². The number of hydrogen-bond acceptors (Lipinski definition) is 6. The van der Waals surface area contributed by atoms with E-state index in [-0.39, 0.29) is 31.8 Å². The van der Waals surface area contributed by atoms with Crippen LogP contribution < -0.4 is 25.6 Å². The average molecular weight is 570 g/mol. The Balaban J connectivity index is 1.17. The molecule has 4 aliphatic rings. The molecule has 2 saturated heterocycles. The minimum Gasteiger partial charge on any atom is -0.397 e. The lowest BCUT2D eigenvalue weighted by molar-refractivity contribution is -0.0220. The molecule has 6 rings (SSSR count). The largest absolute Gasteiger partial charge is 0.397 e. The maximum absolute atomic E-state index is 13.7. The number of nitrogens with two attached hydrogens (primary N) is 1. The summed E-state index contributed by atoms with van der Waals surface area (Å²) in [5.41, 5.74) is 11.2. The molecule has 4 N–H and O–H groups in total. The second-order valence-corrected chi connectivity index (χ2v) is 13.2. The van der Waals surface area contributed by atoms with E-state index in [1.807, 2.05) is 23.1 Å². The van der Waals surface area contributed by atoms with Gasteiger partial charge in [-0.1, -0.05) is 31.2 Å². The summed E-state index contributed by atoms with van der Waals surface area (Å²) >= 11 is 1.75. The molecule has 2 aliphatic heterocycles. The van der Waals surface area contributed by atoms with Crippen molar-refractivity contribution in [2.75, 3.05) is 57.5 Å². The number of alkyl halides is 2. The zero-order valence-corrected chi connectivity index (χ0v) is 24.0. The Labute approximate surface area is 240 Å². The van der Waals surface area contributed by atoms with Gasteiger partial charge in [0.1, 0.15) is 0 Å². The Morgan fingerprint density at radius 3 is 2.23 bits per heavy atom. The summed E-state index contributed by atoms with van der Waals surface area (Å²) in [4.78, 5) is 17.9. The average Bonchev–Trinajstić information content (AvgIpc) is 3.67. The lowest BCUT2D eigenvalue weighted by atomic mass is 9.84. The van der Waals surface area contributed by atoms with Gasteiger partial charge in [0.05, 0.1) is 22.6 Å². The van der Waals surface area contributed by atoms with Gasteiger partial charge in [0.2, 0.25) is 0 Å². The van der Waals surface area contributed by atoms with Crippen molar-refractivity contribution in [3.8, 4) is 0 Å². The van der Waals surface area contributed by atoms with Crippen LogP contribution in [-0.2, 0) is 0 Å². The number of nitrogen functional groups attached to an aromatic ring is 1. The van der Waals surface area contributed by atoms with Crippen molar-refractivity contribution in [3.05, 3.63) is 42.0 Å². The molecule has 2 saturated carbocycles. The summed E-state index contributed by atoms with van der Waals surface area (Å²) in [7, 11) is 0. The smallest absolute Gasteiger partial charge is 0.257 e. The molecule has 1 amide bonds. The lowest BCUT2D eigenvalue weighted by Crippen LogP contribution is -2.39. The van der Waals surface area contributed by atoms with Gasteiger partial charge in [0.25, 0.3) is 11.8 Å². The molecule has 0 aromatic heterocycles. The van der Waals surface area contributed by atoms with E-state index in [1.54, 1.807) is 24.1 Å². The van der Waals surface area contributed by atoms with Crippen LogP contribution in [0.1, 0.15) is 74.6 Å². The third-order valence-electron chi connectivity index (χ3n) is 9.53. The molecule has 40 heavy (non-hydrogen) atoms. The fourth-order valence-corrected chi connectivity index (χ4v) is 7.10. The molecule has 216 valence electrons. The number of nitrogens with one attached hydrogen (secondary N) is 2. The number of carbonyl (C=O) groups is 1. The summed E-state index contributed by atoms with van der Waals surface area (Å²) in [6.07, 6.45) is 10.0. The van der Waals surface area contributed by atoms with Gasteiger partial charge in [0.15, 0.2) is 0 Å². The van der Waals surface area contributed by atoms with Crippen LogP contribution in [0.25, 0.3) is 0 Å². The lowest BCUT2D eigenvalue weighted by Gasteiger charge is -2.35. The zero-order valence-electron chi connectivity index (χ0n) is 23.2. The minimum absolute atomic E-state index is 0.174. The molecule has 9 heteroatoms. The van der Waals surface area contributed by atoms with Gasteiger partial charge >= 0.3 is 0 Å². The fraction of sp³-hybridized carbons (Fsp3) is 0.581. The third-order valence-corrected chi connectivity index (χ3v) is 10.4. The van der Waals surface area contributed by atoms with Crippen molar-refractivity contribution in [2.45, 2.75) is 70.1 Å². The summed E-state index contributed by atoms with van der Waals surface area (Å²) in [5.74, 6) is -0.824. The molecule has 6 nitrogen and oxygen atoms in total. The quantitative estimate of drug-likeness (QED) is 0.166. The van der Waals surface area contributed by atoms with E-state index in [4.69, 9.17) is 5.73 Å². The van der Waals surface area contributed by atoms with Crippen LogP contribution in [0, 0.1) is 11.3 Å². The highest BCUT2D eigenvalue weighted by Gasteiger charge is 2.44. The number of rotatable bonds is 9. The molecule has 0 atom stereocenters. The summed E-state index contributed by atoms with van der Waals surface area (Å²) < 4.78 is 30.9. The highest BCUT2D eigenvalue weighted by Crippen LogP contribution is 2.54. The van der Waals surface area contributed by atoms with E-state index < -0.39 is 5.92 Å². The highest BCUT2D eigenvalue weighted by atomic mass is 32.2. The van der Waals surface area contributed by atoms with E-state index in [0.29, 0.717) is 28.0 Å². The number of nitrogens with zero attached hydrogens (tertiary/aromatic N) is 2. The SMILES string of the molecule is Nc1ccc(NC(=O)c2ccc(NSCCC3CCC3)cc2N2CCC3(CC2)CC3)cc1N1CCC(F)(F)CC1. The van der Waals surface area contributed by atoms with E-state index in [1.165, 1.54) is 51.4 Å². The zero-order chi connectivity index (χ0) is 27.7. The predicted molar refractivity (Wildman–Crippen MR) is 163 cm³/mol. The monoisotopic (exact) mass is 569 g/mol. The molecule has 4 fully saturated rings. The normalized spacial score (nSPS) is 21.6. The van der Waals surface area contributed by atoms with Crippen molar-refractivity contribution < 1.29 is 13.6 Å². The first-order valence-corrected chi connectivity index (χ1v) is 15.9. The molecule has 2 aromatic rings. The van der Waals surface area contributed by atoms with E-state index in [2.05, 4.69) is 21.0 Å². The fourth-order valence-electron chi connectivity index (χ4n) is 6.26. The number of halogens is 2. The van der Waals surface area contributed by atoms with Crippen molar-refractivity contribution in [1.82, 2.24) is 0 Å². The van der Waals surface area contributed by atoms with Crippen LogP contribution in [0.15, 0.2) is 36.4 Å². The van der Waals surface area contributed by atoms with Crippen molar-refractivity contribution in [2.24, 2.45) is 11.3 Å². The summed E-state index contributed by atoms with van der Waals surface area (Å²) in [6.45, 7) is 2.40. The van der Waals surface area contributed by atoms with Gasteiger partial charge in [-0.25, -0.2) is 8.78 Å². The molecule has 0 radical (unpaired) electrons. The van der Waals surface area contributed by atoms with Crippen molar-refractivity contribution >= 4 is 46.3 Å². The first kappa shape index (κ1) is 27.5. The maximum Gasteiger partial charge on any atom is 0.257 e. The minimum atomic E-state index is -2.63. The molecule has 2 aromatic carbocycles. The number of hydrogen-bond donors (Lipinski definition) is 3. The van der Waals surface area contributed by atoms with Crippen LogP contribution in [-0.4, -0.2) is 43.8 Å². The van der Waals surface area contributed by atoms with Crippen molar-refractivity contribution in [1.29, 1.82) is 0 Å². The second-order valence-electron chi connectivity index (χ2n) is 12.3. The van der Waals surface area contributed by atoms with Gasteiger partial charge in [-0.05, 0) is 79.8 Å². The number of carbonyl (C=O) groups excluding carboxylic acids is 1. The van der Waals surface area contributed by atoms with Crippen LogP contribution >= 0.6 is 11.9 Å². The number of amides is 1. The number of anilines is 5. The highest BCUT2D eigenvalue weighted by molar-refractivity contribution is 8.00. The molecule has 0 bridgehead atoms. The number of benzene rings is 2. The first-order valence-electron chi connectivity index (χ1n) is 14.9. The Morgan fingerprint density at radius 2 is 1.55 bits per heavy atom. The summed E-state index contributed by atoms with van der Waals surface area (Å²) in [6, 6.07) is 11.4. The van der Waals surface area contributed by atoms with Crippen LogP contribution in [0.4, 0.5) is 37.2 Å². The third kappa shape index (κ3) is 6.29. The number of piperidine rings is 2. The molecular formula is C31H41F2N5OS. The van der Waals surface area contributed by atoms with Crippen LogP contribution in [0.3, 0.4) is 0 Å². The predicted octanol–water partition coefficient (Wildman–Crippen LogP) is 7.39. The van der Waals surface area contributed by atoms with Crippen molar-refractivity contribution in [3.63, 3.8) is 0 Å². The molecule has 1 spiro atoms. The van der Waals surface area contributed by atoms with Gasteiger partial charge in [0, 0.05) is 56.1 Å². The van der Waals surface area contributed by atoms with Gasteiger partial charge in [-0.2, -0.15) is 0 Å². The van der Waals surface area contributed by atoms with E-state index in [0.717, 1.165) is 36.1 Å². The second kappa shape index (κ2) is 11.3. The van der Waals surface area contributed by atoms with Gasteiger partial charge in [-0.15, -0.1) is 0 Å². The molecular weight excluding hydrogens is 528 g/mol. The van der Waals surface area contributed by atoms with E-state index in [9.17, 15) is 13.6 Å².